The molecule has 0 saturated carbocycles. The quantitative estimate of drug-likeness (QED) is 0.0808. The molecule has 0 aliphatic carbocycles. The second-order valence-electron chi connectivity index (χ2n) is 10.8. The summed E-state index contributed by atoms with van der Waals surface area (Å²) in [6.45, 7) is 0.308. The minimum absolute atomic E-state index is 0.0105. The topological polar surface area (TPSA) is 115 Å². The third kappa shape index (κ3) is 6.27. The molecule has 48 heavy (non-hydrogen) atoms. The number of anilines is 1. The van der Waals surface area contributed by atoms with Crippen molar-refractivity contribution in [2.75, 3.05) is 12.0 Å². The second-order valence-corrected chi connectivity index (χ2v) is 13.4. The first-order chi connectivity index (χ1) is 23.4. The Labute approximate surface area is 288 Å². The molecule has 1 atom stereocenters. The molecule has 1 N–H and O–H groups in total. The third-order valence-corrected chi connectivity index (χ3v) is 10.1. The van der Waals surface area contributed by atoms with Gasteiger partial charge in [0, 0.05) is 16.2 Å². The van der Waals surface area contributed by atoms with Crippen LogP contribution in [0, 0.1) is 0 Å². The fourth-order valence-corrected chi connectivity index (χ4v) is 7.32. The van der Waals surface area contributed by atoms with Crippen LogP contribution in [0.15, 0.2) is 123 Å². The predicted molar refractivity (Wildman–Crippen MR) is 185 cm³/mol. The van der Waals surface area contributed by atoms with Crippen LogP contribution in [0.3, 0.4) is 0 Å². The highest BCUT2D eigenvalue weighted by Crippen LogP contribution is 2.46. The van der Waals surface area contributed by atoms with Crippen LogP contribution in [0.1, 0.15) is 33.3 Å². The second kappa shape index (κ2) is 13.6. The van der Waals surface area contributed by atoms with Gasteiger partial charge in [-0.1, -0.05) is 101 Å². The number of fused-ring (bicyclic) bond motifs is 1. The number of thioether (sulfide) groups is 1. The van der Waals surface area contributed by atoms with Gasteiger partial charge in [-0.3, -0.25) is 14.5 Å². The average Bonchev–Trinajstić information content (AvgIpc) is 3.83. The van der Waals surface area contributed by atoms with Crippen LogP contribution in [0.5, 0.6) is 11.5 Å². The number of benzene rings is 4. The number of ketones is 1. The molecule has 0 saturated heterocycles. The maximum Gasteiger partial charge on any atom is 0.296 e. The van der Waals surface area contributed by atoms with Crippen molar-refractivity contribution in [2.24, 2.45) is 0 Å². The van der Waals surface area contributed by atoms with Gasteiger partial charge in [-0.05, 0) is 53.1 Å². The molecule has 9 nitrogen and oxygen atoms in total. The number of aliphatic hydroxyl groups excluding tert-OH is 1. The van der Waals surface area contributed by atoms with Crippen LogP contribution in [0.2, 0.25) is 5.02 Å². The first-order valence-electron chi connectivity index (χ1n) is 14.7. The third-order valence-electron chi connectivity index (χ3n) is 7.72. The van der Waals surface area contributed by atoms with Gasteiger partial charge in [0.25, 0.3) is 5.91 Å². The van der Waals surface area contributed by atoms with E-state index in [9.17, 15) is 14.7 Å². The molecular weight excluding hydrogens is 670 g/mol. The number of hydrogen-bond acceptors (Lipinski definition) is 10. The molecule has 4 aromatic carbocycles. The van der Waals surface area contributed by atoms with Gasteiger partial charge in [-0.2, -0.15) is 0 Å². The Morgan fingerprint density at radius 3 is 2.50 bits per heavy atom. The van der Waals surface area contributed by atoms with Crippen LogP contribution >= 0.6 is 34.7 Å². The Hall–Kier alpha value is -5.10. The number of halogens is 1. The van der Waals surface area contributed by atoms with Crippen LogP contribution in [0.4, 0.5) is 5.13 Å². The summed E-state index contributed by atoms with van der Waals surface area (Å²) >= 11 is 8.65. The van der Waals surface area contributed by atoms with E-state index in [-0.39, 0.29) is 16.5 Å². The number of ether oxygens (including phenoxy) is 2. The van der Waals surface area contributed by atoms with Gasteiger partial charge in [-0.25, -0.2) is 0 Å². The molecule has 0 radical (unpaired) electrons. The van der Waals surface area contributed by atoms with E-state index in [1.807, 2.05) is 66.7 Å². The van der Waals surface area contributed by atoms with E-state index in [4.69, 9.17) is 25.5 Å². The fraction of sp³-hybridized carbons (Fsp3) is 0.111. The Morgan fingerprint density at radius 1 is 0.958 bits per heavy atom. The predicted octanol–water partition coefficient (Wildman–Crippen LogP) is 8.60. The highest BCUT2D eigenvalue weighted by molar-refractivity contribution is 8.00. The lowest BCUT2D eigenvalue weighted by Gasteiger charge is -2.24. The molecule has 12 heteroatoms. The number of nitrogens with zero attached hydrogens (tertiary/aromatic N) is 3. The molecule has 3 heterocycles. The lowest BCUT2D eigenvalue weighted by Crippen LogP contribution is -2.31. The van der Waals surface area contributed by atoms with E-state index in [2.05, 4.69) is 10.2 Å². The van der Waals surface area contributed by atoms with Gasteiger partial charge in [0.2, 0.25) is 10.9 Å². The Bertz CT molecular complexity index is 2130. The normalized spacial score (nSPS) is 14.6. The van der Waals surface area contributed by atoms with E-state index in [1.165, 1.54) is 35.1 Å². The first-order valence-corrected chi connectivity index (χ1v) is 16.9. The number of carbonyl (C=O) groups is 2. The summed E-state index contributed by atoms with van der Waals surface area (Å²) in [5.74, 6) is -0.666. The first kappa shape index (κ1) is 31.5. The minimum Gasteiger partial charge on any atom is -0.503 e. The van der Waals surface area contributed by atoms with Crippen LogP contribution in [-0.2, 0) is 17.2 Å². The van der Waals surface area contributed by atoms with E-state index in [1.54, 1.807) is 36.4 Å². The minimum atomic E-state index is -1.07. The molecule has 6 aromatic rings. The number of rotatable bonds is 11. The largest absolute Gasteiger partial charge is 0.503 e. The summed E-state index contributed by atoms with van der Waals surface area (Å²) < 4.78 is 18.2. The maximum absolute atomic E-state index is 14.1. The molecule has 2 aromatic heterocycles. The number of aliphatic hydroxyl groups is 1. The molecule has 0 fully saturated rings. The smallest absolute Gasteiger partial charge is 0.296 e. The van der Waals surface area contributed by atoms with Gasteiger partial charge in [0.1, 0.15) is 12.2 Å². The lowest BCUT2D eigenvalue weighted by atomic mass is 9.95. The zero-order chi connectivity index (χ0) is 33.2. The Morgan fingerprint density at radius 2 is 1.73 bits per heavy atom. The highest BCUT2D eigenvalue weighted by Gasteiger charge is 2.47. The molecule has 240 valence electrons. The lowest BCUT2D eigenvalue weighted by molar-refractivity contribution is -0.117. The number of carbonyl (C=O) groups excluding carboxylic acids is 2. The van der Waals surface area contributed by atoms with Crippen molar-refractivity contribution >= 4 is 62.5 Å². The van der Waals surface area contributed by atoms with Crippen molar-refractivity contribution in [1.82, 2.24) is 10.2 Å². The van der Waals surface area contributed by atoms with Crippen molar-refractivity contribution in [3.8, 4) is 11.5 Å². The van der Waals surface area contributed by atoms with Gasteiger partial charge in [0.15, 0.2) is 27.4 Å². The molecule has 0 bridgehead atoms. The van der Waals surface area contributed by atoms with E-state index >= 15 is 0 Å². The molecule has 0 spiro atoms. The van der Waals surface area contributed by atoms with Crippen LogP contribution in [-0.4, -0.2) is 34.1 Å². The Kier molecular flexibility index (Phi) is 8.90. The van der Waals surface area contributed by atoms with E-state index in [0.717, 1.165) is 11.1 Å². The van der Waals surface area contributed by atoms with Crippen molar-refractivity contribution < 1.29 is 28.6 Å². The van der Waals surface area contributed by atoms with Crippen molar-refractivity contribution in [1.29, 1.82) is 0 Å². The molecule has 1 amide bonds. The van der Waals surface area contributed by atoms with Gasteiger partial charge < -0.3 is 19.0 Å². The summed E-state index contributed by atoms with van der Waals surface area (Å²) in [7, 11) is 1.51. The summed E-state index contributed by atoms with van der Waals surface area (Å²) in [4.78, 5) is 29.2. The number of amides is 1. The van der Waals surface area contributed by atoms with Gasteiger partial charge in [0.05, 0.1) is 18.7 Å². The number of aromatic nitrogens is 2. The van der Waals surface area contributed by atoms with Gasteiger partial charge in [-0.15, -0.1) is 10.2 Å². The summed E-state index contributed by atoms with van der Waals surface area (Å²) in [5, 5.41) is 21.5. The molecule has 1 unspecified atom stereocenters. The average molecular weight is 696 g/mol. The number of hydrogen-bond donors (Lipinski definition) is 1. The maximum atomic E-state index is 14.1. The number of Topliss-reactive ketones (excluding diaryl/α,β-unsaturated/α-hetero) is 1. The molecule has 1 aliphatic heterocycles. The van der Waals surface area contributed by atoms with Crippen LogP contribution in [0.25, 0.3) is 11.0 Å². The number of methoxy groups -OCH3 is 1. The van der Waals surface area contributed by atoms with Crippen molar-refractivity contribution in [3.05, 3.63) is 142 Å². The summed E-state index contributed by atoms with van der Waals surface area (Å²) in [6.07, 6.45) is 0. The van der Waals surface area contributed by atoms with Crippen molar-refractivity contribution in [3.63, 3.8) is 0 Å². The zero-order valence-corrected chi connectivity index (χ0v) is 27.7. The fourth-order valence-electron chi connectivity index (χ4n) is 5.37. The Balaban J connectivity index is 1.24. The molecule has 7 rings (SSSR count). The van der Waals surface area contributed by atoms with E-state index < -0.39 is 23.5 Å². The van der Waals surface area contributed by atoms with Gasteiger partial charge >= 0.3 is 0 Å². The zero-order valence-electron chi connectivity index (χ0n) is 25.3. The number of furan rings is 1. The molecular formula is C36H26ClN3O6S2. The van der Waals surface area contributed by atoms with E-state index in [0.29, 0.717) is 49.8 Å². The monoisotopic (exact) mass is 695 g/mol. The summed E-state index contributed by atoms with van der Waals surface area (Å²) in [5.41, 5.74) is 2.86. The summed E-state index contributed by atoms with van der Waals surface area (Å²) in [6, 6.07) is 30.0. The number of para-hydroxylation sites is 1. The van der Waals surface area contributed by atoms with Crippen LogP contribution < -0.4 is 14.4 Å². The standard InChI is InChI=1S/C36H26ClN3O6S2/c1-44-28-18-24(13-16-27(28)45-19-21-7-3-2-4-8-21)31-30(32(41)29-17-23-9-5-6-10-26(23)46-29)33(42)34(43)40(31)35-38-39-36(48-35)47-20-22-11-14-25(37)15-12-22/h2-18,31,42H,19-20H2,1H3. The van der Waals surface area contributed by atoms with Crippen molar-refractivity contribution in [2.45, 2.75) is 22.7 Å². The highest BCUT2D eigenvalue weighted by atomic mass is 35.5. The molecule has 1 aliphatic rings. The SMILES string of the molecule is COc1cc(C2C(C(=O)c3cc4ccccc4o3)=C(O)C(=O)N2c2nnc(SCc3ccc(Cl)cc3)s2)ccc1OCc1ccccc1.